The van der Waals surface area contributed by atoms with Crippen LogP contribution in [0.15, 0.2) is 35.5 Å². The maximum absolute atomic E-state index is 8.41. The fraction of sp³-hybridized carbons (Fsp3) is 0.300. The fourth-order valence-corrected chi connectivity index (χ4v) is 0.922. The Bertz CT molecular complexity index is 298. The van der Waals surface area contributed by atoms with Gasteiger partial charge in [-0.05, 0) is 12.1 Å². The molecule has 0 radical (unpaired) electrons. The number of benzene rings is 1. The molecule has 0 saturated heterocycles. The summed E-state index contributed by atoms with van der Waals surface area (Å²) in [5.41, 5.74) is 5.40. The minimum Gasteiger partial charge on any atom is -0.493 e. The zero-order chi connectivity index (χ0) is 10.4. The molecule has 3 N–H and O–H groups in total. The number of hydrogen-bond acceptors (Lipinski definition) is 3. The van der Waals surface area contributed by atoms with Crippen molar-refractivity contribution in [2.45, 2.75) is 6.92 Å². The Morgan fingerprint density at radius 1 is 1.50 bits per heavy atom. The number of hydrogen-bond donors (Lipinski definition) is 2. The number of amidine groups is 1. The van der Waals surface area contributed by atoms with E-state index in [0.29, 0.717) is 6.61 Å². The van der Waals surface area contributed by atoms with Crippen LogP contribution < -0.4 is 10.5 Å². The van der Waals surface area contributed by atoms with E-state index < -0.39 is 0 Å². The maximum atomic E-state index is 8.41. The zero-order valence-electron chi connectivity index (χ0n) is 8.05. The Morgan fingerprint density at radius 2 is 2.14 bits per heavy atom. The van der Waals surface area contributed by atoms with E-state index in [2.05, 4.69) is 5.16 Å². The predicted molar refractivity (Wildman–Crippen MR) is 54.5 cm³/mol. The van der Waals surface area contributed by atoms with Gasteiger partial charge in [0.2, 0.25) is 0 Å². The summed E-state index contributed by atoms with van der Waals surface area (Å²) in [6.45, 7) is 2.23. The fourth-order valence-electron chi connectivity index (χ4n) is 0.922. The molecule has 0 aliphatic carbocycles. The van der Waals surface area contributed by atoms with E-state index in [0.717, 1.165) is 5.75 Å². The minimum atomic E-state index is -0.0970. The Morgan fingerprint density at radius 3 is 2.71 bits per heavy atom. The van der Waals surface area contributed by atoms with Crippen molar-refractivity contribution in [3.63, 3.8) is 0 Å². The maximum Gasteiger partial charge on any atom is 0.145 e. The highest BCUT2D eigenvalue weighted by atomic mass is 16.5. The SMILES string of the molecule is CC(COc1ccccc1)/C(N)=N/O. The third kappa shape index (κ3) is 2.97. The third-order valence-corrected chi connectivity index (χ3v) is 1.86. The lowest BCUT2D eigenvalue weighted by Crippen LogP contribution is -2.26. The molecule has 4 heteroatoms. The van der Waals surface area contributed by atoms with Crippen LogP contribution in [0.25, 0.3) is 0 Å². The summed E-state index contributed by atoms with van der Waals surface area (Å²) >= 11 is 0. The largest absolute Gasteiger partial charge is 0.493 e. The highest BCUT2D eigenvalue weighted by molar-refractivity contribution is 5.81. The molecule has 76 valence electrons. The van der Waals surface area contributed by atoms with E-state index in [1.165, 1.54) is 0 Å². The van der Waals surface area contributed by atoms with Crippen molar-refractivity contribution in [1.82, 2.24) is 0 Å². The Balaban J connectivity index is 2.42. The molecule has 4 nitrogen and oxygen atoms in total. The normalized spacial score (nSPS) is 13.6. The molecule has 1 unspecified atom stereocenters. The second kappa shape index (κ2) is 5.11. The Labute approximate surface area is 83.0 Å². The quantitative estimate of drug-likeness (QED) is 0.330. The topological polar surface area (TPSA) is 67.8 Å². The van der Waals surface area contributed by atoms with Crippen molar-refractivity contribution < 1.29 is 9.94 Å². The lowest BCUT2D eigenvalue weighted by atomic mass is 10.2. The van der Waals surface area contributed by atoms with Gasteiger partial charge in [-0.15, -0.1) is 0 Å². The summed E-state index contributed by atoms with van der Waals surface area (Å²) < 4.78 is 5.42. The molecule has 0 fully saturated rings. The Hall–Kier alpha value is -1.71. The van der Waals surface area contributed by atoms with Crippen LogP contribution in [0.1, 0.15) is 6.92 Å². The molecule has 1 aromatic rings. The van der Waals surface area contributed by atoms with Crippen LogP contribution in [0.4, 0.5) is 0 Å². The van der Waals surface area contributed by atoms with Gasteiger partial charge in [0, 0.05) is 0 Å². The van der Waals surface area contributed by atoms with Crippen molar-refractivity contribution in [3.8, 4) is 5.75 Å². The summed E-state index contributed by atoms with van der Waals surface area (Å²) in [6.07, 6.45) is 0. The van der Waals surface area contributed by atoms with E-state index >= 15 is 0 Å². The van der Waals surface area contributed by atoms with Crippen LogP contribution >= 0.6 is 0 Å². The van der Waals surface area contributed by atoms with E-state index in [-0.39, 0.29) is 11.8 Å². The first kappa shape index (κ1) is 10.4. The van der Waals surface area contributed by atoms with Gasteiger partial charge < -0.3 is 15.7 Å². The zero-order valence-corrected chi connectivity index (χ0v) is 8.05. The number of oxime groups is 1. The van der Waals surface area contributed by atoms with Crippen LogP contribution in [0, 0.1) is 5.92 Å². The number of rotatable bonds is 4. The van der Waals surface area contributed by atoms with Crippen LogP contribution in [0.5, 0.6) is 5.75 Å². The van der Waals surface area contributed by atoms with Gasteiger partial charge >= 0.3 is 0 Å². The van der Waals surface area contributed by atoms with Gasteiger partial charge in [-0.2, -0.15) is 0 Å². The first-order valence-electron chi connectivity index (χ1n) is 4.39. The van der Waals surface area contributed by atoms with Crippen LogP contribution in [0.3, 0.4) is 0 Å². The molecule has 0 amide bonds. The van der Waals surface area contributed by atoms with E-state index in [4.69, 9.17) is 15.7 Å². The summed E-state index contributed by atoms with van der Waals surface area (Å²) in [5.74, 6) is 0.867. The van der Waals surface area contributed by atoms with Gasteiger partial charge in [-0.3, -0.25) is 0 Å². The lowest BCUT2D eigenvalue weighted by molar-refractivity contribution is 0.279. The molecule has 0 saturated carbocycles. The molecule has 0 aliphatic rings. The van der Waals surface area contributed by atoms with Gasteiger partial charge in [-0.1, -0.05) is 30.3 Å². The molecule has 1 aromatic carbocycles. The van der Waals surface area contributed by atoms with E-state index in [9.17, 15) is 0 Å². The second-order valence-electron chi connectivity index (χ2n) is 3.05. The number of nitrogens with two attached hydrogens (primary N) is 1. The van der Waals surface area contributed by atoms with Crippen molar-refractivity contribution in [1.29, 1.82) is 0 Å². The lowest BCUT2D eigenvalue weighted by Gasteiger charge is -2.11. The number of nitrogens with zero attached hydrogens (tertiary/aromatic N) is 1. The number of ether oxygens (including phenoxy) is 1. The van der Waals surface area contributed by atoms with E-state index in [1.54, 1.807) is 0 Å². The van der Waals surface area contributed by atoms with Crippen LogP contribution in [-0.2, 0) is 0 Å². The van der Waals surface area contributed by atoms with Crippen molar-refractivity contribution in [2.75, 3.05) is 6.61 Å². The summed E-state index contributed by atoms with van der Waals surface area (Å²) in [5, 5.41) is 11.3. The van der Waals surface area contributed by atoms with E-state index in [1.807, 2.05) is 37.3 Å². The molecule has 0 bridgehead atoms. The van der Waals surface area contributed by atoms with Crippen LogP contribution in [-0.4, -0.2) is 17.6 Å². The highest BCUT2D eigenvalue weighted by Gasteiger charge is 2.07. The van der Waals surface area contributed by atoms with Crippen molar-refractivity contribution in [3.05, 3.63) is 30.3 Å². The molecule has 1 rings (SSSR count). The van der Waals surface area contributed by atoms with Crippen molar-refractivity contribution in [2.24, 2.45) is 16.8 Å². The summed E-state index contributed by atoms with van der Waals surface area (Å²) in [7, 11) is 0. The van der Waals surface area contributed by atoms with Gasteiger partial charge in [0.15, 0.2) is 0 Å². The van der Waals surface area contributed by atoms with Crippen LogP contribution in [0.2, 0.25) is 0 Å². The molecule has 0 aliphatic heterocycles. The van der Waals surface area contributed by atoms with Gasteiger partial charge in [0.25, 0.3) is 0 Å². The molecule has 1 atom stereocenters. The smallest absolute Gasteiger partial charge is 0.145 e. The predicted octanol–water partition coefficient (Wildman–Crippen LogP) is 1.45. The van der Waals surface area contributed by atoms with Gasteiger partial charge in [-0.25, -0.2) is 0 Å². The van der Waals surface area contributed by atoms with Crippen molar-refractivity contribution >= 4 is 5.84 Å². The standard InChI is InChI=1S/C10H14N2O2/c1-8(10(11)12-13)7-14-9-5-3-2-4-6-9/h2-6,8,13H,7H2,1H3,(H2,11,12). The molecule has 0 aromatic heterocycles. The molecule has 14 heavy (non-hydrogen) atoms. The monoisotopic (exact) mass is 194 g/mol. The second-order valence-corrected chi connectivity index (χ2v) is 3.05. The molecular formula is C10H14N2O2. The summed E-state index contributed by atoms with van der Waals surface area (Å²) in [6, 6.07) is 9.42. The Kier molecular flexibility index (Phi) is 3.79. The number of para-hydroxylation sites is 1. The highest BCUT2D eigenvalue weighted by Crippen LogP contribution is 2.09. The first-order chi connectivity index (χ1) is 6.74. The third-order valence-electron chi connectivity index (χ3n) is 1.86. The molecule has 0 heterocycles. The first-order valence-corrected chi connectivity index (χ1v) is 4.39. The minimum absolute atomic E-state index is 0.0970. The average molecular weight is 194 g/mol. The molecular weight excluding hydrogens is 180 g/mol. The molecule has 0 spiro atoms. The van der Waals surface area contributed by atoms with Gasteiger partial charge in [0.1, 0.15) is 11.6 Å². The average Bonchev–Trinajstić information content (AvgIpc) is 2.26. The summed E-state index contributed by atoms with van der Waals surface area (Å²) in [4.78, 5) is 0. The van der Waals surface area contributed by atoms with Gasteiger partial charge in [0.05, 0.1) is 12.5 Å².